The third kappa shape index (κ3) is 3.43. The first-order valence-corrected chi connectivity index (χ1v) is 8.70. The van der Waals surface area contributed by atoms with Gasteiger partial charge in [-0.25, -0.2) is 0 Å². The number of rotatable bonds is 6. The van der Waals surface area contributed by atoms with Gasteiger partial charge < -0.3 is 0 Å². The highest BCUT2D eigenvalue weighted by atomic mass is 14.4. The maximum atomic E-state index is 2.37. The van der Waals surface area contributed by atoms with Crippen molar-refractivity contribution >= 4 is 0 Å². The highest BCUT2D eigenvalue weighted by molar-refractivity contribution is 5.31. The Kier molecular flexibility index (Phi) is 4.97. The van der Waals surface area contributed by atoms with Gasteiger partial charge in [-0.2, -0.15) is 0 Å². The predicted molar refractivity (Wildman–Crippen MR) is 94.8 cm³/mol. The third-order valence-electron chi connectivity index (χ3n) is 5.17. The minimum atomic E-state index is 0.631. The molecule has 0 aliphatic heterocycles. The molecule has 0 aromatic heterocycles. The summed E-state index contributed by atoms with van der Waals surface area (Å²) in [6.45, 7) is 4.74. The Morgan fingerprint density at radius 2 is 1.50 bits per heavy atom. The van der Waals surface area contributed by atoms with Gasteiger partial charge >= 0.3 is 0 Å². The Morgan fingerprint density at radius 1 is 0.909 bits per heavy atom. The van der Waals surface area contributed by atoms with E-state index in [1.165, 1.54) is 30.4 Å². The molecule has 1 fully saturated rings. The lowest BCUT2D eigenvalue weighted by molar-refractivity contribution is 0.250. The third-order valence-corrected chi connectivity index (χ3v) is 5.17. The van der Waals surface area contributed by atoms with Crippen molar-refractivity contribution in [2.24, 2.45) is 11.8 Å². The molecule has 0 spiro atoms. The van der Waals surface area contributed by atoms with Gasteiger partial charge in [0.15, 0.2) is 0 Å². The highest BCUT2D eigenvalue weighted by Gasteiger charge is 2.36. The van der Waals surface area contributed by atoms with E-state index in [0.29, 0.717) is 11.8 Å². The molecule has 2 aromatic rings. The van der Waals surface area contributed by atoms with Gasteiger partial charge in [-0.1, -0.05) is 80.9 Å². The zero-order chi connectivity index (χ0) is 15.4. The second-order valence-electron chi connectivity index (χ2n) is 6.97. The molecule has 0 nitrogen and oxygen atoms in total. The van der Waals surface area contributed by atoms with Crippen LogP contribution < -0.4 is 0 Å². The second kappa shape index (κ2) is 7.13. The summed E-state index contributed by atoms with van der Waals surface area (Å²) >= 11 is 0. The predicted octanol–water partition coefficient (Wildman–Crippen LogP) is 6.04. The van der Waals surface area contributed by atoms with Gasteiger partial charge in [0.2, 0.25) is 0 Å². The van der Waals surface area contributed by atoms with Crippen molar-refractivity contribution in [3.63, 3.8) is 0 Å². The quantitative estimate of drug-likeness (QED) is 0.608. The molecule has 0 bridgehead atoms. The summed E-state index contributed by atoms with van der Waals surface area (Å²) in [6.07, 6.45) is 5.31. The molecule has 1 radical (unpaired) electrons. The largest absolute Gasteiger partial charge is 0.0622 e. The van der Waals surface area contributed by atoms with Gasteiger partial charge in [0.05, 0.1) is 0 Å². The van der Waals surface area contributed by atoms with Crippen LogP contribution in [-0.4, -0.2) is 0 Å². The first kappa shape index (κ1) is 15.3. The fraction of sp³-hybridized carbons (Fsp3) is 0.409. The minimum absolute atomic E-state index is 0.631. The molecule has 115 valence electrons. The zero-order valence-electron chi connectivity index (χ0n) is 13.8. The van der Waals surface area contributed by atoms with Crippen LogP contribution in [0.5, 0.6) is 0 Å². The van der Waals surface area contributed by atoms with Crippen molar-refractivity contribution in [1.29, 1.82) is 0 Å². The van der Waals surface area contributed by atoms with Crippen LogP contribution in [0, 0.1) is 17.8 Å². The molecule has 0 heteroatoms. The minimum Gasteiger partial charge on any atom is -0.0622 e. The van der Waals surface area contributed by atoms with E-state index in [9.17, 15) is 0 Å². The summed E-state index contributed by atoms with van der Waals surface area (Å²) in [4.78, 5) is 0. The van der Waals surface area contributed by atoms with E-state index in [-0.39, 0.29) is 0 Å². The average molecular weight is 291 g/mol. The molecule has 0 amide bonds. The van der Waals surface area contributed by atoms with Crippen LogP contribution in [0.3, 0.4) is 0 Å². The van der Waals surface area contributed by atoms with Crippen LogP contribution in [0.25, 0.3) is 0 Å². The molecule has 1 atom stereocenters. The lowest BCUT2D eigenvalue weighted by Gasteiger charge is -2.40. The van der Waals surface area contributed by atoms with E-state index in [1.54, 1.807) is 5.92 Å². The molecule has 1 aliphatic carbocycles. The highest BCUT2D eigenvalue weighted by Crippen LogP contribution is 2.47. The van der Waals surface area contributed by atoms with Gasteiger partial charge in [0, 0.05) is 0 Å². The van der Waals surface area contributed by atoms with Gasteiger partial charge in [-0.15, -0.1) is 0 Å². The second-order valence-corrected chi connectivity index (χ2v) is 6.97. The first-order valence-electron chi connectivity index (χ1n) is 8.70. The standard InChI is InChI=1S/C22H27/c1-17(2)21(16-18-10-5-3-6-11-18)22(20-14-9-15-20)19-12-7-4-8-13-19/h3-8,10-13,17,20,22H,9,14-16H2,1-2H3. The first-order chi connectivity index (χ1) is 10.8. The molecule has 0 heterocycles. The van der Waals surface area contributed by atoms with Gasteiger partial charge in [-0.05, 0) is 54.1 Å². The summed E-state index contributed by atoms with van der Waals surface area (Å²) in [5, 5.41) is 0. The van der Waals surface area contributed by atoms with Crippen molar-refractivity contribution in [2.75, 3.05) is 0 Å². The van der Waals surface area contributed by atoms with Crippen LogP contribution in [0.1, 0.15) is 50.2 Å². The number of hydrogen-bond donors (Lipinski definition) is 0. The van der Waals surface area contributed by atoms with Crippen LogP contribution in [0.4, 0.5) is 0 Å². The topological polar surface area (TPSA) is 0 Å². The van der Waals surface area contributed by atoms with Crippen LogP contribution in [0.2, 0.25) is 0 Å². The van der Waals surface area contributed by atoms with Crippen LogP contribution in [0.15, 0.2) is 60.7 Å². The fourth-order valence-corrected chi connectivity index (χ4v) is 3.73. The summed E-state index contributed by atoms with van der Waals surface area (Å²) in [5.41, 5.74) is 2.97. The molecule has 2 aromatic carbocycles. The molecule has 1 saturated carbocycles. The van der Waals surface area contributed by atoms with E-state index in [0.717, 1.165) is 12.3 Å². The molecule has 0 saturated heterocycles. The molecule has 3 rings (SSSR count). The smallest absolute Gasteiger partial charge is 0.00656 e. The van der Waals surface area contributed by atoms with Crippen molar-refractivity contribution in [2.45, 2.75) is 45.4 Å². The van der Waals surface area contributed by atoms with Gasteiger partial charge in [0.1, 0.15) is 0 Å². The summed E-state index contributed by atoms with van der Waals surface area (Å²) < 4.78 is 0. The lowest BCUT2D eigenvalue weighted by atomic mass is 9.64. The summed E-state index contributed by atoms with van der Waals surface area (Å²) in [5.74, 6) is 3.83. The van der Waals surface area contributed by atoms with Crippen LogP contribution >= 0.6 is 0 Å². The van der Waals surface area contributed by atoms with Crippen molar-refractivity contribution in [1.82, 2.24) is 0 Å². The Bertz CT molecular complexity index is 551. The van der Waals surface area contributed by atoms with E-state index in [1.807, 2.05) is 0 Å². The average Bonchev–Trinajstić information content (AvgIpc) is 2.50. The normalized spacial score (nSPS) is 16.7. The monoisotopic (exact) mass is 291 g/mol. The Morgan fingerprint density at radius 3 is 2.00 bits per heavy atom. The van der Waals surface area contributed by atoms with Crippen molar-refractivity contribution in [3.8, 4) is 0 Å². The SMILES string of the molecule is CC(C)[C](Cc1ccccc1)C(c1ccccc1)C1CCC1. The zero-order valence-corrected chi connectivity index (χ0v) is 13.8. The Hall–Kier alpha value is -1.56. The van der Waals surface area contributed by atoms with E-state index < -0.39 is 0 Å². The lowest BCUT2D eigenvalue weighted by Crippen LogP contribution is -2.29. The van der Waals surface area contributed by atoms with Crippen molar-refractivity contribution in [3.05, 3.63) is 77.7 Å². The summed E-state index contributed by atoms with van der Waals surface area (Å²) in [6, 6.07) is 22.2. The molecule has 22 heavy (non-hydrogen) atoms. The van der Waals surface area contributed by atoms with Gasteiger partial charge in [0.25, 0.3) is 0 Å². The van der Waals surface area contributed by atoms with Crippen molar-refractivity contribution < 1.29 is 0 Å². The molecule has 0 N–H and O–H groups in total. The number of benzene rings is 2. The number of hydrogen-bond acceptors (Lipinski definition) is 0. The van der Waals surface area contributed by atoms with E-state index in [2.05, 4.69) is 74.5 Å². The van der Waals surface area contributed by atoms with E-state index >= 15 is 0 Å². The molecule has 1 unspecified atom stereocenters. The molecular formula is C22H27. The molecule has 1 aliphatic rings. The Balaban J connectivity index is 1.88. The summed E-state index contributed by atoms with van der Waals surface area (Å²) in [7, 11) is 0. The fourth-order valence-electron chi connectivity index (χ4n) is 3.73. The maximum Gasteiger partial charge on any atom is -0.00656 e. The Labute approximate surface area is 135 Å². The van der Waals surface area contributed by atoms with Gasteiger partial charge in [-0.3, -0.25) is 0 Å². The maximum absolute atomic E-state index is 2.37. The van der Waals surface area contributed by atoms with Crippen LogP contribution in [-0.2, 0) is 6.42 Å². The van der Waals surface area contributed by atoms with E-state index in [4.69, 9.17) is 0 Å². The molecular weight excluding hydrogens is 264 g/mol.